The molecule has 1 N–H and O–H groups in total. The van der Waals surface area contributed by atoms with E-state index in [9.17, 15) is 4.79 Å². The maximum absolute atomic E-state index is 12.4. The first-order valence-corrected chi connectivity index (χ1v) is 7.72. The highest BCUT2D eigenvalue weighted by molar-refractivity contribution is 6.04. The fourth-order valence-electron chi connectivity index (χ4n) is 2.28. The molecule has 0 atom stereocenters. The molecule has 0 aliphatic carbocycles. The molecule has 0 saturated carbocycles. The van der Waals surface area contributed by atoms with Crippen LogP contribution in [0.3, 0.4) is 0 Å². The molecule has 0 radical (unpaired) electrons. The lowest BCUT2D eigenvalue weighted by Crippen LogP contribution is -2.12. The second kappa shape index (κ2) is 7.56. The Hall–Kier alpha value is -2.93. The third-order valence-corrected chi connectivity index (χ3v) is 3.41. The SMILES string of the molecule is CCOCn1cc(NC(=O)c2cccc(Cn3cccn3)c2)cn1. The van der Waals surface area contributed by atoms with Gasteiger partial charge in [0.15, 0.2) is 0 Å². The molecule has 1 aromatic carbocycles. The first kappa shape index (κ1) is 15.9. The predicted molar refractivity (Wildman–Crippen MR) is 89.6 cm³/mol. The quantitative estimate of drug-likeness (QED) is 0.724. The summed E-state index contributed by atoms with van der Waals surface area (Å²) in [7, 11) is 0. The normalized spacial score (nSPS) is 10.7. The molecule has 7 nitrogen and oxygen atoms in total. The fraction of sp³-hybridized carbons (Fsp3) is 0.235. The summed E-state index contributed by atoms with van der Waals surface area (Å²) >= 11 is 0. The van der Waals surface area contributed by atoms with Crippen molar-refractivity contribution >= 4 is 11.6 Å². The minimum atomic E-state index is -0.173. The summed E-state index contributed by atoms with van der Waals surface area (Å²) in [5, 5.41) is 11.1. The van der Waals surface area contributed by atoms with E-state index >= 15 is 0 Å². The second-order valence-electron chi connectivity index (χ2n) is 5.25. The van der Waals surface area contributed by atoms with Gasteiger partial charge in [0, 0.05) is 24.6 Å². The number of hydrogen-bond acceptors (Lipinski definition) is 4. The second-order valence-corrected chi connectivity index (χ2v) is 5.25. The number of anilines is 1. The molecule has 1 amide bonds. The number of amides is 1. The number of benzene rings is 1. The molecular weight excluding hydrogens is 306 g/mol. The minimum Gasteiger partial charge on any atom is -0.360 e. The molecule has 0 aliphatic heterocycles. The van der Waals surface area contributed by atoms with Gasteiger partial charge in [0.1, 0.15) is 6.73 Å². The topological polar surface area (TPSA) is 74.0 Å². The molecule has 3 rings (SSSR count). The largest absolute Gasteiger partial charge is 0.360 e. The van der Waals surface area contributed by atoms with E-state index in [0.29, 0.717) is 31.1 Å². The first-order valence-electron chi connectivity index (χ1n) is 7.72. The zero-order valence-corrected chi connectivity index (χ0v) is 13.4. The van der Waals surface area contributed by atoms with E-state index in [1.165, 1.54) is 0 Å². The summed E-state index contributed by atoms with van der Waals surface area (Å²) in [6, 6.07) is 9.36. The van der Waals surface area contributed by atoms with E-state index in [-0.39, 0.29) is 5.91 Å². The Balaban J connectivity index is 1.65. The highest BCUT2D eigenvalue weighted by atomic mass is 16.5. The van der Waals surface area contributed by atoms with E-state index in [1.54, 1.807) is 29.3 Å². The molecule has 0 bridgehead atoms. The van der Waals surface area contributed by atoms with Crippen LogP contribution in [-0.2, 0) is 18.0 Å². The van der Waals surface area contributed by atoms with Gasteiger partial charge >= 0.3 is 0 Å². The highest BCUT2D eigenvalue weighted by Crippen LogP contribution is 2.11. The van der Waals surface area contributed by atoms with Crippen molar-refractivity contribution in [1.29, 1.82) is 0 Å². The average Bonchev–Trinajstić information content (AvgIpc) is 3.25. The number of hydrogen-bond donors (Lipinski definition) is 1. The summed E-state index contributed by atoms with van der Waals surface area (Å²) in [5.41, 5.74) is 2.24. The lowest BCUT2D eigenvalue weighted by atomic mass is 10.1. The van der Waals surface area contributed by atoms with E-state index in [2.05, 4.69) is 15.5 Å². The number of aromatic nitrogens is 4. The van der Waals surface area contributed by atoms with Crippen LogP contribution in [0, 0.1) is 0 Å². The fourth-order valence-corrected chi connectivity index (χ4v) is 2.28. The number of nitrogens with zero attached hydrogens (tertiary/aromatic N) is 4. The maximum atomic E-state index is 12.4. The van der Waals surface area contributed by atoms with Gasteiger partial charge in [-0.3, -0.25) is 9.48 Å². The van der Waals surface area contributed by atoms with Gasteiger partial charge in [0.05, 0.1) is 24.6 Å². The van der Waals surface area contributed by atoms with Gasteiger partial charge < -0.3 is 10.1 Å². The molecule has 3 aromatic rings. The van der Waals surface area contributed by atoms with Gasteiger partial charge in [0.2, 0.25) is 0 Å². The van der Waals surface area contributed by atoms with Crippen molar-refractivity contribution in [3.8, 4) is 0 Å². The number of carbonyl (C=O) groups is 1. The van der Waals surface area contributed by atoms with Crippen molar-refractivity contribution in [1.82, 2.24) is 19.6 Å². The standard InChI is InChI=1S/C17H19N5O2/c1-2-24-13-22-12-16(10-19-22)20-17(23)15-6-3-5-14(9-15)11-21-8-4-7-18-21/h3-10,12H,2,11,13H2,1H3,(H,20,23). The zero-order valence-electron chi connectivity index (χ0n) is 13.4. The lowest BCUT2D eigenvalue weighted by Gasteiger charge is -2.06. The van der Waals surface area contributed by atoms with E-state index in [1.807, 2.05) is 42.1 Å². The van der Waals surface area contributed by atoms with Crippen LogP contribution >= 0.6 is 0 Å². The Kier molecular flexibility index (Phi) is 5.02. The van der Waals surface area contributed by atoms with Crippen LogP contribution in [0.5, 0.6) is 0 Å². The van der Waals surface area contributed by atoms with Crippen LogP contribution in [0.1, 0.15) is 22.8 Å². The molecule has 2 heterocycles. The van der Waals surface area contributed by atoms with Crippen molar-refractivity contribution in [2.24, 2.45) is 0 Å². The predicted octanol–water partition coefficient (Wildman–Crippen LogP) is 2.37. The third-order valence-electron chi connectivity index (χ3n) is 3.41. The first-order chi connectivity index (χ1) is 11.7. The zero-order chi connectivity index (χ0) is 16.8. The summed E-state index contributed by atoms with van der Waals surface area (Å²) in [6.07, 6.45) is 6.96. The summed E-state index contributed by atoms with van der Waals surface area (Å²) < 4.78 is 8.71. The summed E-state index contributed by atoms with van der Waals surface area (Å²) in [6.45, 7) is 3.53. The maximum Gasteiger partial charge on any atom is 0.255 e. The molecule has 24 heavy (non-hydrogen) atoms. The third kappa shape index (κ3) is 4.08. The number of ether oxygens (including phenoxy) is 1. The molecule has 2 aromatic heterocycles. The van der Waals surface area contributed by atoms with Gasteiger partial charge in [-0.2, -0.15) is 10.2 Å². The molecule has 0 saturated heterocycles. The van der Waals surface area contributed by atoms with Crippen molar-refractivity contribution in [2.75, 3.05) is 11.9 Å². The molecule has 0 spiro atoms. The van der Waals surface area contributed by atoms with Gasteiger partial charge in [0.25, 0.3) is 5.91 Å². The van der Waals surface area contributed by atoms with Crippen LogP contribution in [0.25, 0.3) is 0 Å². The number of carbonyl (C=O) groups excluding carboxylic acids is 1. The minimum absolute atomic E-state index is 0.173. The molecular formula is C17H19N5O2. The van der Waals surface area contributed by atoms with Crippen molar-refractivity contribution in [3.05, 3.63) is 66.2 Å². The van der Waals surface area contributed by atoms with Crippen LogP contribution in [0.4, 0.5) is 5.69 Å². The van der Waals surface area contributed by atoms with Gasteiger partial charge in [-0.25, -0.2) is 4.68 Å². The summed E-state index contributed by atoms with van der Waals surface area (Å²) in [5.74, 6) is -0.173. The van der Waals surface area contributed by atoms with Crippen LogP contribution < -0.4 is 5.32 Å². The number of rotatable bonds is 7. The summed E-state index contributed by atoms with van der Waals surface area (Å²) in [4.78, 5) is 12.4. The van der Waals surface area contributed by atoms with Crippen LogP contribution in [-0.4, -0.2) is 32.1 Å². The van der Waals surface area contributed by atoms with Gasteiger partial charge in [-0.1, -0.05) is 12.1 Å². The lowest BCUT2D eigenvalue weighted by molar-refractivity contribution is 0.0792. The van der Waals surface area contributed by atoms with E-state index < -0.39 is 0 Å². The van der Waals surface area contributed by atoms with E-state index in [0.717, 1.165) is 5.56 Å². The van der Waals surface area contributed by atoms with Gasteiger partial charge in [-0.15, -0.1) is 0 Å². The Bertz CT molecular complexity index is 795. The average molecular weight is 325 g/mol. The van der Waals surface area contributed by atoms with Gasteiger partial charge in [-0.05, 0) is 30.7 Å². The Morgan fingerprint density at radius 1 is 1.25 bits per heavy atom. The Labute approximate surface area is 139 Å². The molecule has 0 aliphatic rings. The highest BCUT2D eigenvalue weighted by Gasteiger charge is 2.08. The smallest absolute Gasteiger partial charge is 0.255 e. The monoisotopic (exact) mass is 325 g/mol. The molecule has 0 unspecified atom stereocenters. The Morgan fingerprint density at radius 3 is 2.96 bits per heavy atom. The number of nitrogens with one attached hydrogen (secondary N) is 1. The van der Waals surface area contributed by atoms with Crippen molar-refractivity contribution < 1.29 is 9.53 Å². The Morgan fingerprint density at radius 2 is 2.17 bits per heavy atom. The van der Waals surface area contributed by atoms with Crippen molar-refractivity contribution in [3.63, 3.8) is 0 Å². The molecule has 7 heteroatoms. The van der Waals surface area contributed by atoms with Crippen molar-refractivity contribution in [2.45, 2.75) is 20.2 Å². The van der Waals surface area contributed by atoms with Crippen LogP contribution in [0.15, 0.2) is 55.1 Å². The van der Waals surface area contributed by atoms with E-state index in [4.69, 9.17) is 4.74 Å². The molecule has 0 fully saturated rings. The molecule has 124 valence electrons. The van der Waals surface area contributed by atoms with Crippen LogP contribution in [0.2, 0.25) is 0 Å².